The Morgan fingerprint density at radius 3 is 1.95 bits per heavy atom. The molecule has 7 nitrogen and oxygen atoms in total. The molecule has 5 aromatic rings. The lowest BCUT2D eigenvalue weighted by atomic mass is 10.0. The number of amides is 4. The molecule has 6 rings (SSSR count). The number of benzene rings is 4. The zero-order valence-corrected chi connectivity index (χ0v) is 23.2. The number of anilines is 1. The highest BCUT2D eigenvalue weighted by Gasteiger charge is 2.37. The van der Waals surface area contributed by atoms with E-state index in [1.807, 2.05) is 91.0 Å². The van der Waals surface area contributed by atoms with E-state index in [9.17, 15) is 14.4 Å². The molecule has 0 bridgehead atoms. The summed E-state index contributed by atoms with van der Waals surface area (Å²) in [4.78, 5) is 40.6. The van der Waals surface area contributed by atoms with Crippen LogP contribution < -0.4 is 15.0 Å². The minimum atomic E-state index is -0.820. The van der Waals surface area contributed by atoms with E-state index in [4.69, 9.17) is 16.3 Å². The maximum Gasteiger partial charge on any atom is 0.335 e. The maximum atomic E-state index is 13.7. The van der Waals surface area contributed by atoms with Crippen molar-refractivity contribution in [3.05, 3.63) is 131 Å². The average molecular weight is 574 g/mol. The molecule has 1 saturated heterocycles. The van der Waals surface area contributed by atoms with Crippen LogP contribution in [-0.4, -0.2) is 29.5 Å². The SMILES string of the molecule is COc1ccc(N2C(=O)NC(=O)C(=Cc3cc(-c4ccccc4)n(-c4ccc(Cl)cc4)c3-c3ccccc3)C2=O)cc1. The van der Waals surface area contributed by atoms with Gasteiger partial charge in [0.25, 0.3) is 11.8 Å². The third-order valence-electron chi connectivity index (χ3n) is 6.96. The predicted octanol–water partition coefficient (Wildman–Crippen LogP) is 7.14. The van der Waals surface area contributed by atoms with Gasteiger partial charge in [-0.15, -0.1) is 0 Å². The summed E-state index contributed by atoms with van der Waals surface area (Å²) >= 11 is 6.23. The second-order valence-electron chi connectivity index (χ2n) is 9.53. The monoisotopic (exact) mass is 573 g/mol. The van der Waals surface area contributed by atoms with Crippen LogP contribution >= 0.6 is 11.6 Å². The lowest BCUT2D eigenvalue weighted by Gasteiger charge is -2.26. The largest absolute Gasteiger partial charge is 0.497 e. The molecule has 0 spiro atoms. The van der Waals surface area contributed by atoms with E-state index in [0.29, 0.717) is 22.0 Å². The topological polar surface area (TPSA) is 80.6 Å². The third-order valence-corrected chi connectivity index (χ3v) is 7.22. The van der Waals surface area contributed by atoms with Crippen LogP contribution in [0.3, 0.4) is 0 Å². The molecular formula is C34H24ClN3O4. The van der Waals surface area contributed by atoms with Gasteiger partial charge in [0.2, 0.25) is 0 Å². The van der Waals surface area contributed by atoms with E-state index in [1.54, 1.807) is 30.3 Å². The molecule has 1 N–H and O–H groups in total. The normalized spacial score (nSPS) is 14.3. The van der Waals surface area contributed by atoms with Crippen molar-refractivity contribution in [2.45, 2.75) is 0 Å². The lowest BCUT2D eigenvalue weighted by molar-refractivity contribution is -0.122. The van der Waals surface area contributed by atoms with Gasteiger partial charge in [-0.3, -0.25) is 14.9 Å². The molecule has 4 amide bonds. The lowest BCUT2D eigenvalue weighted by Crippen LogP contribution is -2.54. The Hall–Kier alpha value is -5.40. The van der Waals surface area contributed by atoms with Crippen molar-refractivity contribution >= 4 is 41.2 Å². The summed E-state index contributed by atoms with van der Waals surface area (Å²) in [6, 6.07) is 34.6. The number of rotatable bonds is 6. The molecular weight excluding hydrogens is 550 g/mol. The highest BCUT2D eigenvalue weighted by molar-refractivity contribution is 6.39. The van der Waals surface area contributed by atoms with E-state index in [1.165, 1.54) is 7.11 Å². The van der Waals surface area contributed by atoms with E-state index < -0.39 is 17.8 Å². The number of imide groups is 2. The molecule has 1 fully saturated rings. The Bertz CT molecular complexity index is 1830. The molecule has 8 heteroatoms. The number of nitrogens with one attached hydrogen (secondary N) is 1. The summed E-state index contributed by atoms with van der Waals surface area (Å²) in [5.74, 6) is -0.928. The van der Waals surface area contributed by atoms with Gasteiger partial charge in [-0.25, -0.2) is 9.69 Å². The van der Waals surface area contributed by atoms with Gasteiger partial charge in [-0.2, -0.15) is 0 Å². The minimum absolute atomic E-state index is 0.171. The van der Waals surface area contributed by atoms with Gasteiger partial charge in [0.1, 0.15) is 11.3 Å². The maximum absolute atomic E-state index is 13.7. The number of halogens is 1. The Labute approximate surface area is 247 Å². The Morgan fingerprint density at radius 1 is 0.738 bits per heavy atom. The smallest absolute Gasteiger partial charge is 0.335 e. The molecule has 206 valence electrons. The number of carbonyl (C=O) groups excluding carboxylic acids is 3. The molecule has 0 unspecified atom stereocenters. The first-order chi connectivity index (χ1) is 20.4. The van der Waals surface area contributed by atoms with Crippen molar-refractivity contribution in [2.75, 3.05) is 12.0 Å². The van der Waals surface area contributed by atoms with Crippen LogP contribution in [0.2, 0.25) is 5.02 Å². The molecule has 0 aliphatic carbocycles. The zero-order chi connectivity index (χ0) is 29.2. The first-order valence-electron chi connectivity index (χ1n) is 13.1. The van der Waals surface area contributed by atoms with Crippen molar-refractivity contribution in [1.29, 1.82) is 0 Å². The number of hydrogen-bond donors (Lipinski definition) is 1. The molecule has 0 saturated carbocycles. The zero-order valence-electron chi connectivity index (χ0n) is 22.5. The Morgan fingerprint density at radius 2 is 1.33 bits per heavy atom. The predicted molar refractivity (Wildman–Crippen MR) is 164 cm³/mol. The fourth-order valence-electron chi connectivity index (χ4n) is 4.99. The molecule has 1 aromatic heterocycles. The number of urea groups is 1. The van der Waals surface area contributed by atoms with Crippen molar-refractivity contribution in [3.8, 4) is 34.0 Å². The van der Waals surface area contributed by atoms with Gasteiger partial charge in [-0.05, 0) is 71.8 Å². The molecule has 0 atom stereocenters. The number of barbiturate groups is 1. The second-order valence-corrected chi connectivity index (χ2v) is 9.97. The number of ether oxygens (including phenoxy) is 1. The number of methoxy groups -OCH3 is 1. The summed E-state index contributed by atoms with van der Waals surface area (Å²) in [6.07, 6.45) is 1.54. The van der Waals surface area contributed by atoms with Crippen LogP contribution in [0.1, 0.15) is 5.56 Å². The minimum Gasteiger partial charge on any atom is -0.497 e. The van der Waals surface area contributed by atoms with Crippen LogP contribution in [0.25, 0.3) is 34.3 Å². The van der Waals surface area contributed by atoms with Crippen LogP contribution in [0.15, 0.2) is 121 Å². The van der Waals surface area contributed by atoms with Crippen molar-refractivity contribution in [1.82, 2.24) is 9.88 Å². The van der Waals surface area contributed by atoms with Crippen molar-refractivity contribution < 1.29 is 19.1 Å². The van der Waals surface area contributed by atoms with Crippen LogP contribution in [0, 0.1) is 0 Å². The van der Waals surface area contributed by atoms with Crippen LogP contribution in [0.4, 0.5) is 10.5 Å². The van der Waals surface area contributed by atoms with E-state index in [-0.39, 0.29) is 5.57 Å². The Balaban J connectivity index is 1.57. The Kier molecular flexibility index (Phi) is 7.17. The van der Waals surface area contributed by atoms with Gasteiger partial charge in [-0.1, -0.05) is 72.3 Å². The summed E-state index contributed by atoms with van der Waals surface area (Å²) < 4.78 is 7.27. The number of aromatic nitrogens is 1. The highest BCUT2D eigenvalue weighted by atomic mass is 35.5. The van der Waals surface area contributed by atoms with Gasteiger partial charge in [0.05, 0.1) is 24.2 Å². The molecule has 4 aromatic carbocycles. The van der Waals surface area contributed by atoms with Crippen LogP contribution in [0.5, 0.6) is 5.75 Å². The first-order valence-corrected chi connectivity index (χ1v) is 13.5. The standard InChI is InChI=1S/C34H24ClN3O4/c1-42-28-18-16-27(17-19-28)38-33(40)29(32(39)36-34(38)41)20-24-21-30(22-8-4-2-5-9-22)37(26-14-12-25(35)13-15-26)31(24)23-10-6-3-7-11-23/h2-21H,1H3,(H,36,39,41). The third kappa shape index (κ3) is 4.98. The number of carbonyl (C=O) groups is 3. The number of hydrogen-bond acceptors (Lipinski definition) is 4. The van der Waals surface area contributed by atoms with Crippen molar-refractivity contribution in [2.24, 2.45) is 0 Å². The van der Waals surface area contributed by atoms with Gasteiger partial charge in [0.15, 0.2) is 0 Å². The second kappa shape index (κ2) is 11.2. The summed E-state index contributed by atoms with van der Waals surface area (Å²) in [5, 5.41) is 2.91. The van der Waals surface area contributed by atoms with Crippen molar-refractivity contribution in [3.63, 3.8) is 0 Å². The average Bonchev–Trinajstić information content (AvgIpc) is 3.40. The summed E-state index contributed by atoms with van der Waals surface area (Å²) in [5.41, 5.74) is 5.01. The molecule has 1 aliphatic heterocycles. The van der Waals surface area contributed by atoms with E-state index in [2.05, 4.69) is 9.88 Å². The first kappa shape index (κ1) is 26.8. The molecule has 1 aliphatic rings. The summed E-state index contributed by atoms with van der Waals surface area (Å²) in [7, 11) is 1.53. The molecule has 0 radical (unpaired) electrons. The van der Waals surface area contributed by atoms with Crippen LogP contribution in [-0.2, 0) is 9.59 Å². The quantitative estimate of drug-likeness (QED) is 0.173. The molecule has 2 heterocycles. The van der Waals surface area contributed by atoms with E-state index >= 15 is 0 Å². The van der Waals surface area contributed by atoms with Gasteiger partial charge < -0.3 is 9.30 Å². The van der Waals surface area contributed by atoms with E-state index in [0.717, 1.165) is 33.1 Å². The van der Waals surface area contributed by atoms with Gasteiger partial charge >= 0.3 is 6.03 Å². The fraction of sp³-hybridized carbons (Fsp3) is 0.0294. The summed E-state index contributed by atoms with van der Waals surface area (Å²) in [6.45, 7) is 0. The molecule has 42 heavy (non-hydrogen) atoms. The highest BCUT2D eigenvalue weighted by Crippen LogP contribution is 2.38. The number of nitrogens with zero attached hydrogens (tertiary/aromatic N) is 2. The van der Waals surface area contributed by atoms with Gasteiger partial charge in [0, 0.05) is 16.3 Å². The fourth-order valence-corrected chi connectivity index (χ4v) is 5.12.